The summed E-state index contributed by atoms with van der Waals surface area (Å²) in [7, 11) is -3.65. The van der Waals surface area contributed by atoms with E-state index < -0.39 is 68.3 Å². The summed E-state index contributed by atoms with van der Waals surface area (Å²) in [5.41, 5.74) is -1.71. The van der Waals surface area contributed by atoms with Crippen LogP contribution in [0.15, 0.2) is 29.4 Å². The zero-order valence-electron chi connectivity index (χ0n) is 17.6. The van der Waals surface area contributed by atoms with Crippen molar-refractivity contribution in [1.29, 1.82) is 0 Å². The zero-order valence-corrected chi connectivity index (χ0v) is 18.4. The van der Waals surface area contributed by atoms with Gasteiger partial charge in [-0.15, -0.1) is 0 Å². The highest BCUT2D eigenvalue weighted by atomic mass is 32.2. The highest BCUT2D eigenvalue weighted by molar-refractivity contribution is 7.88. The maximum Gasteiger partial charge on any atom is 0.209 e. The monoisotopic (exact) mass is 489 g/mol. The number of aryl methyl sites for hydroxylation is 1. The molecule has 0 bridgehead atoms. The quantitative estimate of drug-likeness (QED) is 0.667. The second-order valence-electron chi connectivity index (χ2n) is 8.09. The van der Waals surface area contributed by atoms with Gasteiger partial charge in [-0.2, -0.15) is 0 Å². The fraction of sp³-hybridized carbons (Fsp3) is 0.381. The molecule has 1 N–H and O–H groups in total. The first-order valence-corrected chi connectivity index (χ1v) is 11.9. The molecule has 2 aromatic carbocycles. The minimum atomic E-state index is -3.65. The Morgan fingerprint density at radius 2 is 1.67 bits per heavy atom. The lowest BCUT2D eigenvalue weighted by atomic mass is 9.92. The molecule has 3 atom stereocenters. The van der Waals surface area contributed by atoms with Crippen molar-refractivity contribution in [2.75, 3.05) is 19.3 Å². The van der Waals surface area contributed by atoms with Crippen LogP contribution in [0.1, 0.15) is 23.7 Å². The van der Waals surface area contributed by atoms with Gasteiger partial charge in [0, 0.05) is 17.7 Å². The van der Waals surface area contributed by atoms with E-state index in [4.69, 9.17) is 4.84 Å². The fourth-order valence-electron chi connectivity index (χ4n) is 4.09. The van der Waals surface area contributed by atoms with E-state index in [1.54, 1.807) is 0 Å². The standard InChI is InChI=1S/C21H20F5N3O3S/c1-10-3-4-13(24)20(21(10)26)19-12(23)6-5-11(22)18(19)16-7-17(27-32-16)29-8-14(25)15(9-29)28-33(2,30)31/h3-6,14-16,28H,7-9H2,1-2H3/t14-,15+,16?/m0/s1. The predicted molar refractivity (Wildman–Crippen MR) is 111 cm³/mol. The summed E-state index contributed by atoms with van der Waals surface area (Å²) in [6.45, 7) is 1.12. The van der Waals surface area contributed by atoms with Crippen LogP contribution in [-0.4, -0.2) is 50.7 Å². The lowest BCUT2D eigenvalue weighted by molar-refractivity contribution is 0.0830. The van der Waals surface area contributed by atoms with E-state index in [1.165, 1.54) is 17.9 Å². The van der Waals surface area contributed by atoms with Gasteiger partial charge in [0.1, 0.15) is 35.3 Å². The van der Waals surface area contributed by atoms with Gasteiger partial charge in [-0.3, -0.25) is 0 Å². The van der Waals surface area contributed by atoms with E-state index in [0.717, 1.165) is 24.5 Å². The second-order valence-corrected chi connectivity index (χ2v) is 9.87. The lowest BCUT2D eigenvalue weighted by Gasteiger charge is -2.19. The molecule has 2 aliphatic rings. The van der Waals surface area contributed by atoms with E-state index in [-0.39, 0.29) is 30.9 Å². The lowest BCUT2D eigenvalue weighted by Crippen LogP contribution is -2.41. The van der Waals surface area contributed by atoms with Gasteiger partial charge in [-0.25, -0.2) is 35.1 Å². The molecule has 1 saturated heterocycles. The largest absolute Gasteiger partial charge is 0.386 e. The Kier molecular flexibility index (Phi) is 6.08. The number of sulfonamides is 1. The molecular weight excluding hydrogens is 469 g/mol. The van der Waals surface area contributed by atoms with Gasteiger partial charge < -0.3 is 9.74 Å². The smallest absolute Gasteiger partial charge is 0.209 e. The van der Waals surface area contributed by atoms with Gasteiger partial charge in [0.05, 0.1) is 30.8 Å². The minimum absolute atomic E-state index is 0.0424. The average molecular weight is 489 g/mol. The van der Waals surface area contributed by atoms with Crippen LogP contribution in [0.3, 0.4) is 0 Å². The molecule has 0 amide bonds. The van der Waals surface area contributed by atoms with Crippen molar-refractivity contribution in [3.8, 4) is 11.1 Å². The third kappa shape index (κ3) is 4.54. The summed E-state index contributed by atoms with van der Waals surface area (Å²) in [5, 5.41) is 3.83. The van der Waals surface area contributed by atoms with Crippen LogP contribution in [0.2, 0.25) is 0 Å². The third-order valence-corrected chi connectivity index (χ3v) is 6.36. The summed E-state index contributed by atoms with van der Waals surface area (Å²) in [6, 6.07) is 2.71. The van der Waals surface area contributed by atoms with E-state index in [9.17, 15) is 30.4 Å². The Bertz CT molecular complexity index is 1240. The molecule has 0 aliphatic carbocycles. The molecule has 33 heavy (non-hydrogen) atoms. The highest BCUT2D eigenvalue weighted by Gasteiger charge is 2.40. The SMILES string of the molecule is Cc1ccc(F)c(-c2c(F)ccc(F)c2C2CC(N3C[C@H](F)[C@H](NS(C)(=O)=O)C3)=NO2)c1F. The van der Waals surface area contributed by atoms with Crippen molar-refractivity contribution in [1.82, 2.24) is 9.62 Å². The Labute approximate surface area is 187 Å². The molecule has 1 unspecified atom stereocenters. The third-order valence-electron chi connectivity index (χ3n) is 5.63. The molecule has 0 aromatic heterocycles. The predicted octanol–water partition coefficient (Wildman–Crippen LogP) is 3.56. The van der Waals surface area contributed by atoms with Crippen LogP contribution in [0.4, 0.5) is 22.0 Å². The van der Waals surface area contributed by atoms with E-state index >= 15 is 0 Å². The van der Waals surface area contributed by atoms with Crippen LogP contribution < -0.4 is 4.72 Å². The van der Waals surface area contributed by atoms with Crippen LogP contribution in [-0.2, 0) is 14.9 Å². The highest BCUT2D eigenvalue weighted by Crippen LogP contribution is 2.41. The van der Waals surface area contributed by atoms with Crippen molar-refractivity contribution in [2.45, 2.75) is 31.7 Å². The first kappa shape index (κ1) is 23.4. The number of alkyl halides is 1. The van der Waals surface area contributed by atoms with Gasteiger partial charge in [0.25, 0.3) is 0 Å². The second kappa shape index (κ2) is 8.56. The van der Waals surface area contributed by atoms with Crippen LogP contribution >= 0.6 is 0 Å². The number of benzene rings is 2. The summed E-state index contributed by atoms with van der Waals surface area (Å²) in [4.78, 5) is 6.71. The number of rotatable bonds is 4. The zero-order chi connectivity index (χ0) is 24.1. The fourth-order valence-corrected chi connectivity index (χ4v) is 4.86. The van der Waals surface area contributed by atoms with Gasteiger partial charge >= 0.3 is 0 Å². The van der Waals surface area contributed by atoms with Gasteiger partial charge in [-0.05, 0) is 30.7 Å². The topological polar surface area (TPSA) is 71.0 Å². The Morgan fingerprint density at radius 3 is 2.36 bits per heavy atom. The number of nitrogens with one attached hydrogen (secondary N) is 1. The van der Waals surface area contributed by atoms with E-state index in [0.29, 0.717) is 0 Å². The Hall–Kier alpha value is -2.73. The van der Waals surface area contributed by atoms with Gasteiger partial charge in [0.15, 0.2) is 6.10 Å². The van der Waals surface area contributed by atoms with Crippen molar-refractivity contribution in [2.24, 2.45) is 5.16 Å². The van der Waals surface area contributed by atoms with E-state index in [1.807, 2.05) is 0 Å². The maximum atomic E-state index is 14.9. The number of hydrogen-bond donors (Lipinski definition) is 1. The van der Waals surface area contributed by atoms with E-state index in [2.05, 4.69) is 9.88 Å². The summed E-state index contributed by atoms with van der Waals surface area (Å²) >= 11 is 0. The number of oxime groups is 1. The molecule has 2 heterocycles. The van der Waals surface area contributed by atoms with Crippen molar-refractivity contribution >= 4 is 15.9 Å². The summed E-state index contributed by atoms with van der Waals surface area (Å²) < 4.78 is 98.3. The Balaban J connectivity index is 1.64. The summed E-state index contributed by atoms with van der Waals surface area (Å²) in [6.07, 6.45) is -1.99. The summed E-state index contributed by atoms with van der Waals surface area (Å²) in [5.74, 6) is -3.92. The number of hydrogen-bond acceptors (Lipinski definition) is 5. The first-order chi connectivity index (χ1) is 15.5. The number of amidine groups is 1. The minimum Gasteiger partial charge on any atom is -0.386 e. The normalized spacial score (nSPS) is 23.1. The molecule has 6 nitrogen and oxygen atoms in total. The molecule has 0 saturated carbocycles. The number of halogens is 5. The molecule has 178 valence electrons. The van der Waals surface area contributed by atoms with Crippen LogP contribution in [0, 0.1) is 30.2 Å². The molecule has 2 aromatic rings. The van der Waals surface area contributed by atoms with Crippen molar-refractivity contribution in [3.63, 3.8) is 0 Å². The van der Waals surface area contributed by atoms with Gasteiger partial charge in [0.2, 0.25) is 10.0 Å². The van der Waals surface area contributed by atoms with Crippen molar-refractivity contribution in [3.05, 3.63) is 58.7 Å². The molecule has 4 rings (SSSR count). The first-order valence-electron chi connectivity index (χ1n) is 9.98. The van der Waals surface area contributed by atoms with Gasteiger partial charge in [-0.1, -0.05) is 11.2 Å². The molecule has 1 fully saturated rings. The average Bonchev–Trinajstić information content (AvgIpc) is 3.34. The maximum absolute atomic E-state index is 14.9. The van der Waals surface area contributed by atoms with Crippen LogP contribution in [0.5, 0.6) is 0 Å². The van der Waals surface area contributed by atoms with Crippen LogP contribution in [0.25, 0.3) is 11.1 Å². The number of likely N-dealkylation sites (tertiary alicyclic amines) is 1. The Morgan fingerprint density at radius 1 is 1.03 bits per heavy atom. The molecular formula is C21H20F5N3O3S. The number of nitrogens with zero attached hydrogens (tertiary/aromatic N) is 2. The van der Waals surface area contributed by atoms with Crippen molar-refractivity contribution < 1.29 is 35.2 Å². The molecule has 0 spiro atoms. The molecule has 0 radical (unpaired) electrons. The molecule has 12 heteroatoms. The molecule has 2 aliphatic heterocycles.